The molecular formula is C17H24N8. The standard InChI is InChI=1S/C17H24N8/c1-17(2,3)13-9-24(22-19-13)16-21-20-15-11-6-4-5-7-12(11)23-10-18-8-14(23)25(15)16/h8-12,15,20H,4-7H2,1-3H3. The molecule has 1 N–H and O–H groups in total. The van der Waals surface area contributed by atoms with Crippen molar-refractivity contribution in [2.45, 2.75) is 64.1 Å². The van der Waals surface area contributed by atoms with Crippen molar-refractivity contribution in [3.8, 4) is 0 Å². The van der Waals surface area contributed by atoms with Gasteiger partial charge in [0, 0.05) is 17.4 Å². The SMILES string of the molecule is CC(C)(C)c1cn(C2=NNC3C4CCCCC4n4cncc4N23)nn1. The zero-order chi connectivity index (χ0) is 17.2. The molecule has 8 nitrogen and oxygen atoms in total. The molecule has 0 bridgehead atoms. The third kappa shape index (κ3) is 2.12. The maximum absolute atomic E-state index is 4.63. The van der Waals surface area contributed by atoms with Crippen LogP contribution >= 0.6 is 0 Å². The van der Waals surface area contributed by atoms with E-state index in [4.69, 9.17) is 0 Å². The zero-order valence-corrected chi connectivity index (χ0v) is 14.9. The van der Waals surface area contributed by atoms with Crippen LogP contribution in [0.1, 0.15) is 58.2 Å². The highest BCUT2D eigenvalue weighted by atomic mass is 15.6. The van der Waals surface area contributed by atoms with Crippen LogP contribution in [0.2, 0.25) is 0 Å². The molecule has 0 saturated heterocycles. The lowest BCUT2D eigenvalue weighted by atomic mass is 9.80. The van der Waals surface area contributed by atoms with Gasteiger partial charge in [-0.2, -0.15) is 4.68 Å². The van der Waals surface area contributed by atoms with Gasteiger partial charge in [0.25, 0.3) is 5.96 Å². The van der Waals surface area contributed by atoms with Gasteiger partial charge in [-0.15, -0.1) is 10.2 Å². The van der Waals surface area contributed by atoms with Crippen molar-refractivity contribution >= 4 is 11.8 Å². The maximum Gasteiger partial charge on any atom is 0.252 e. The first-order valence-corrected chi connectivity index (χ1v) is 9.11. The van der Waals surface area contributed by atoms with E-state index in [1.165, 1.54) is 25.7 Å². The molecule has 8 heteroatoms. The highest BCUT2D eigenvalue weighted by Crippen LogP contribution is 2.45. The molecule has 2 aromatic heterocycles. The second-order valence-electron chi connectivity index (χ2n) is 8.33. The summed E-state index contributed by atoms with van der Waals surface area (Å²) >= 11 is 0. The van der Waals surface area contributed by atoms with E-state index < -0.39 is 0 Å². The minimum atomic E-state index is -0.0393. The van der Waals surface area contributed by atoms with Crippen molar-refractivity contribution in [3.05, 3.63) is 24.4 Å². The van der Waals surface area contributed by atoms with Crippen molar-refractivity contribution in [1.82, 2.24) is 30.0 Å². The van der Waals surface area contributed by atoms with Gasteiger partial charge in [-0.3, -0.25) is 10.3 Å². The first-order chi connectivity index (χ1) is 12.0. The van der Waals surface area contributed by atoms with Crippen LogP contribution < -0.4 is 10.3 Å². The predicted molar refractivity (Wildman–Crippen MR) is 94.2 cm³/mol. The molecule has 3 unspecified atom stereocenters. The number of fused-ring (bicyclic) bond motifs is 6. The fourth-order valence-corrected chi connectivity index (χ4v) is 4.35. The van der Waals surface area contributed by atoms with Crippen molar-refractivity contribution in [3.63, 3.8) is 0 Å². The van der Waals surface area contributed by atoms with Crippen LogP contribution in [0, 0.1) is 5.92 Å². The Morgan fingerprint density at radius 2 is 2.04 bits per heavy atom. The molecule has 2 aliphatic heterocycles. The predicted octanol–water partition coefficient (Wildman–Crippen LogP) is 2.07. The summed E-state index contributed by atoms with van der Waals surface area (Å²) in [5.41, 5.74) is 4.29. The Kier molecular flexibility index (Phi) is 3.02. The van der Waals surface area contributed by atoms with Crippen molar-refractivity contribution < 1.29 is 0 Å². The van der Waals surface area contributed by atoms with Gasteiger partial charge in [-0.25, -0.2) is 4.98 Å². The van der Waals surface area contributed by atoms with Gasteiger partial charge in [0.1, 0.15) is 12.0 Å². The monoisotopic (exact) mass is 340 g/mol. The highest BCUT2D eigenvalue weighted by molar-refractivity contribution is 5.98. The van der Waals surface area contributed by atoms with Crippen LogP contribution in [-0.2, 0) is 5.41 Å². The first kappa shape index (κ1) is 14.9. The first-order valence-electron chi connectivity index (χ1n) is 9.11. The molecule has 1 saturated carbocycles. The third-order valence-electron chi connectivity index (χ3n) is 5.69. The lowest BCUT2D eigenvalue weighted by Crippen LogP contribution is -2.54. The summed E-state index contributed by atoms with van der Waals surface area (Å²) in [5.74, 6) is 2.39. The minimum Gasteiger partial charge on any atom is -0.314 e. The number of hydrogen-bond donors (Lipinski definition) is 1. The van der Waals surface area contributed by atoms with Crippen molar-refractivity contribution in [2.75, 3.05) is 4.90 Å². The Bertz CT molecular complexity index is 826. The van der Waals surface area contributed by atoms with Crippen LogP contribution in [0.25, 0.3) is 0 Å². The minimum absolute atomic E-state index is 0.0393. The van der Waals surface area contributed by atoms with Crippen molar-refractivity contribution in [1.29, 1.82) is 0 Å². The fraction of sp³-hybridized carbons (Fsp3) is 0.647. The van der Waals surface area contributed by atoms with E-state index in [1.807, 2.05) is 18.7 Å². The van der Waals surface area contributed by atoms with E-state index in [0.717, 1.165) is 17.5 Å². The molecule has 0 spiro atoms. The topological polar surface area (TPSA) is 76.2 Å². The Morgan fingerprint density at radius 3 is 2.84 bits per heavy atom. The van der Waals surface area contributed by atoms with E-state index in [9.17, 15) is 0 Å². The van der Waals surface area contributed by atoms with Gasteiger partial charge in [-0.05, 0) is 12.8 Å². The molecule has 0 amide bonds. The lowest BCUT2D eigenvalue weighted by molar-refractivity contribution is 0.175. The summed E-state index contributed by atoms with van der Waals surface area (Å²) in [6.07, 6.45) is 11.1. The molecule has 5 rings (SSSR count). The van der Waals surface area contributed by atoms with Gasteiger partial charge in [-0.1, -0.05) is 38.8 Å². The third-order valence-corrected chi connectivity index (χ3v) is 5.69. The summed E-state index contributed by atoms with van der Waals surface area (Å²) in [4.78, 5) is 6.66. The van der Waals surface area contributed by atoms with E-state index in [0.29, 0.717) is 12.0 Å². The molecule has 1 aliphatic carbocycles. The Balaban J connectivity index is 1.56. The Labute approximate surface area is 146 Å². The Morgan fingerprint density at radius 1 is 1.20 bits per heavy atom. The molecule has 3 aliphatic rings. The zero-order valence-electron chi connectivity index (χ0n) is 14.9. The normalized spacial score (nSPS) is 28.0. The second-order valence-corrected chi connectivity index (χ2v) is 8.33. The second kappa shape index (κ2) is 5.06. The number of anilines is 1. The summed E-state index contributed by atoms with van der Waals surface area (Å²) in [5, 5.41) is 13.3. The molecule has 0 aromatic carbocycles. The van der Waals surface area contributed by atoms with Gasteiger partial charge in [0.05, 0.1) is 24.4 Å². The number of nitrogens with one attached hydrogen (secondary N) is 1. The average molecular weight is 340 g/mol. The highest BCUT2D eigenvalue weighted by Gasteiger charge is 2.47. The average Bonchev–Trinajstić information content (AvgIpc) is 3.31. The lowest BCUT2D eigenvalue weighted by Gasteiger charge is -2.45. The van der Waals surface area contributed by atoms with E-state index in [1.54, 1.807) is 4.68 Å². The molecular weight excluding hydrogens is 316 g/mol. The number of hydrogen-bond acceptors (Lipinski definition) is 6. The van der Waals surface area contributed by atoms with E-state index >= 15 is 0 Å². The number of nitrogens with zero attached hydrogens (tertiary/aromatic N) is 7. The van der Waals surface area contributed by atoms with Crippen molar-refractivity contribution in [2.24, 2.45) is 11.0 Å². The molecule has 25 heavy (non-hydrogen) atoms. The van der Waals surface area contributed by atoms with Crippen LogP contribution in [0.4, 0.5) is 5.82 Å². The van der Waals surface area contributed by atoms with Gasteiger partial charge < -0.3 is 4.57 Å². The number of rotatable bonds is 0. The van der Waals surface area contributed by atoms with Gasteiger partial charge in [0.2, 0.25) is 0 Å². The summed E-state index contributed by atoms with van der Waals surface area (Å²) in [6, 6.07) is 0.510. The summed E-state index contributed by atoms with van der Waals surface area (Å²) in [7, 11) is 0. The quantitative estimate of drug-likeness (QED) is 0.794. The number of aromatic nitrogens is 5. The molecule has 132 valence electrons. The van der Waals surface area contributed by atoms with E-state index in [-0.39, 0.29) is 11.6 Å². The van der Waals surface area contributed by atoms with Crippen LogP contribution in [0.3, 0.4) is 0 Å². The number of hydrazone groups is 1. The van der Waals surface area contributed by atoms with Crippen LogP contribution in [-0.4, -0.2) is 36.7 Å². The summed E-state index contributed by atoms with van der Waals surface area (Å²) in [6.45, 7) is 6.42. The van der Waals surface area contributed by atoms with E-state index in [2.05, 4.69) is 56.1 Å². The molecule has 0 radical (unpaired) electrons. The maximum atomic E-state index is 4.63. The van der Waals surface area contributed by atoms with Gasteiger partial charge >= 0.3 is 0 Å². The number of imidazole rings is 1. The largest absolute Gasteiger partial charge is 0.314 e. The fourth-order valence-electron chi connectivity index (χ4n) is 4.35. The van der Waals surface area contributed by atoms with Crippen LogP contribution in [0.5, 0.6) is 0 Å². The molecule has 1 fully saturated rings. The smallest absolute Gasteiger partial charge is 0.252 e. The van der Waals surface area contributed by atoms with Crippen LogP contribution in [0.15, 0.2) is 23.8 Å². The van der Waals surface area contributed by atoms with Gasteiger partial charge in [0.15, 0.2) is 0 Å². The Hall–Kier alpha value is -2.38. The molecule has 2 aromatic rings. The molecule has 4 heterocycles. The summed E-state index contributed by atoms with van der Waals surface area (Å²) < 4.78 is 4.11. The molecule has 3 atom stereocenters.